The van der Waals surface area contributed by atoms with Gasteiger partial charge in [-0.2, -0.15) is 4.98 Å². The number of aryl methyl sites for hydroxylation is 3. The maximum atomic E-state index is 12.4. The van der Waals surface area contributed by atoms with E-state index in [0.717, 1.165) is 34.0 Å². The lowest BCUT2D eigenvalue weighted by molar-refractivity contribution is 0.262. The summed E-state index contributed by atoms with van der Waals surface area (Å²) in [4.78, 5) is 21.6. The van der Waals surface area contributed by atoms with Crippen LogP contribution in [0.1, 0.15) is 48.9 Å². The lowest BCUT2D eigenvalue weighted by Gasteiger charge is -2.23. The van der Waals surface area contributed by atoms with Crippen LogP contribution in [0.25, 0.3) is 0 Å². The highest BCUT2D eigenvalue weighted by molar-refractivity contribution is 6.00. The van der Waals surface area contributed by atoms with Gasteiger partial charge in [-0.3, -0.25) is 0 Å². The van der Waals surface area contributed by atoms with Gasteiger partial charge in [-0.1, -0.05) is 37.0 Å². The fourth-order valence-corrected chi connectivity index (χ4v) is 4.15. The summed E-state index contributed by atoms with van der Waals surface area (Å²) < 4.78 is 0. The normalized spacial score (nSPS) is 13.9. The van der Waals surface area contributed by atoms with Gasteiger partial charge in [0, 0.05) is 34.9 Å². The van der Waals surface area contributed by atoms with Gasteiger partial charge in [0.1, 0.15) is 5.82 Å². The van der Waals surface area contributed by atoms with Crippen LogP contribution in [-0.4, -0.2) is 22.0 Å². The lowest BCUT2D eigenvalue weighted by Crippen LogP contribution is -2.23. The Bertz CT molecular complexity index is 1110. The van der Waals surface area contributed by atoms with Crippen molar-refractivity contribution in [2.45, 2.75) is 58.9 Å². The van der Waals surface area contributed by atoms with Crippen LogP contribution in [0.2, 0.25) is 0 Å². The zero-order chi connectivity index (χ0) is 23.2. The van der Waals surface area contributed by atoms with Crippen LogP contribution < -0.4 is 21.3 Å². The van der Waals surface area contributed by atoms with Crippen LogP contribution >= 0.6 is 0 Å². The van der Waals surface area contributed by atoms with Crippen LogP contribution in [0.4, 0.5) is 33.6 Å². The van der Waals surface area contributed by atoms with Gasteiger partial charge < -0.3 is 21.3 Å². The van der Waals surface area contributed by atoms with Crippen LogP contribution in [-0.2, 0) is 0 Å². The van der Waals surface area contributed by atoms with Crippen molar-refractivity contribution >= 4 is 34.9 Å². The second kappa shape index (κ2) is 10.3. The first-order valence-electron chi connectivity index (χ1n) is 11.6. The topological polar surface area (TPSA) is 91.0 Å². The van der Waals surface area contributed by atoms with E-state index < -0.39 is 0 Å². The number of anilines is 5. The minimum Gasteiger partial charge on any atom is -0.351 e. The highest BCUT2D eigenvalue weighted by Crippen LogP contribution is 2.23. The Balaban J connectivity index is 1.35. The van der Waals surface area contributed by atoms with Gasteiger partial charge in [-0.25, -0.2) is 9.78 Å². The molecule has 3 aromatic rings. The summed E-state index contributed by atoms with van der Waals surface area (Å²) in [6.07, 6.45) is 6.18. The van der Waals surface area contributed by atoms with Gasteiger partial charge in [-0.15, -0.1) is 0 Å². The average molecular weight is 445 g/mol. The highest BCUT2D eigenvalue weighted by atomic mass is 16.2. The quantitative estimate of drug-likeness (QED) is 0.347. The number of benzene rings is 2. The zero-order valence-corrected chi connectivity index (χ0v) is 19.5. The summed E-state index contributed by atoms with van der Waals surface area (Å²) in [5.74, 6) is 1.42. The molecule has 172 valence electrons. The van der Waals surface area contributed by atoms with Gasteiger partial charge in [0.2, 0.25) is 5.95 Å². The van der Waals surface area contributed by atoms with E-state index in [1.807, 2.05) is 69.3 Å². The number of hydrogen-bond donors (Lipinski definition) is 4. The van der Waals surface area contributed by atoms with Gasteiger partial charge in [0.05, 0.1) is 0 Å². The van der Waals surface area contributed by atoms with Gasteiger partial charge in [0.25, 0.3) is 0 Å². The van der Waals surface area contributed by atoms with Crippen LogP contribution in [0.15, 0.2) is 48.5 Å². The molecule has 1 aromatic heterocycles. The minimum atomic E-state index is -0.271. The molecule has 0 spiro atoms. The first kappa shape index (κ1) is 22.6. The summed E-state index contributed by atoms with van der Waals surface area (Å²) >= 11 is 0. The molecule has 1 aliphatic carbocycles. The molecule has 2 amide bonds. The minimum absolute atomic E-state index is 0.271. The Hall–Kier alpha value is -3.61. The van der Waals surface area contributed by atoms with E-state index in [9.17, 15) is 4.79 Å². The molecule has 1 fully saturated rings. The van der Waals surface area contributed by atoms with E-state index in [1.165, 1.54) is 32.1 Å². The maximum Gasteiger partial charge on any atom is 0.323 e. The largest absolute Gasteiger partial charge is 0.351 e. The average Bonchev–Trinajstić information content (AvgIpc) is 2.77. The van der Waals surface area contributed by atoms with Crippen molar-refractivity contribution in [3.8, 4) is 0 Å². The highest BCUT2D eigenvalue weighted by Gasteiger charge is 2.15. The maximum absolute atomic E-state index is 12.4. The molecule has 7 nitrogen and oxygen atoms in total. The molecule has 1 saturated carbocycles. The molecule has 1 aliphatic rings. The molecular weight excluding hydrogens is 412 g/mol. The van der Waals surface area contributed by atoms with Gasteiger partial charge >= 0.3 is 6.03 Å². The Morgan fingerprint density at radius 3 is 2.30 bits per heavy atom. The Morgan fingerprint density at radius 1 is 0.848 bits per heavy atom. The van der Waals surface area contributed by atoms with Crippen molar-refractivity contribution in [1.29, 1.82) is 0 Å². The van der Waals surface area contributed by atoms with E-state index in [0.29, 0.717) is 17.7 Å². The number of nitrogens with one attached hydrogen (secondary N) is 4. The fraction of sp³-hybridized carbons (Fsp3) is 0.346. The van der Waals surface area contributed by atoms with Gasteiger partial charge in [0.15, 0.2) is 0 Å². The molecule has 2 aromatic carbocycles. The summed E-state index contributed by atoms with van der Waals surface area (Å²) in [6, 6.07) is 15.6. The molecule has 4 N–H and O–H groups in total. The summed E-state index contributed by atoms with van der Waals surface area (Å²) in [7, 11) is 0. The van der Waals surface area contributed by atoms with Crippen LogP contribution in [0, 0.1) is 20.8 Å². The van der Waals surface area contributed by atoms with E-state index in [1.54, 1.807) is 0 Å². The molecule has 7 heteroatoms. The Labute approximate surface area is 195 Å². The molecule has 0 atom stereocenters. The van der Waals surface area contributed by atoms with Crippen molar-refractivity contribution in [2.75, 3.05) is 21.3 Å². The fourth-order valence-electron chi connectivity index (χ4n) is 4.15. The molecule has 0 radical (unpaired) electrons. The van der Waals surface area contributed by atoms with Crippen molar-refractivity contribution in [3.05, 3.63) is 65.4 Å². The molecule has 4 rings (SSSR count). The number of rotatable bonds is 6. The van der Waals surface area contributed by atoms with Crippen LogP contribution in [0.3, 0.4) is 0 Å². The zero-order valence-electron chi connectivity index (χ0n) is 19.5. The third-order valence-corrected chi connectivity index (χ3v) is 5.84. The monoisotopic (exact) mass is 444 g/mol. The SMILES string of the molecule is Cc1ccc(NC(=O)Nc2ccc(Nc3cc(C)nc(NC4CCCCC4)n3)cc2)c(C)c1. The molecule has 0 saturated heterocycles. The molecule has 1 heterocycles. The number of nitrogens with zero attached hydrogens (tertiary/aromatic N) is 2. The Morgan fingerprint density at radius 2 is 1.58 bits per heavy atom. The summed E-state index contributed by atoms with van der Waals surface area (Å²) in [5, 5.41) is 12.6. The smallest absolute Gasteiger partial charge is 0.323 e. The predicted octanol–water partition coefficient (Wildman–Crippen LogP) is 6.53. The number of urea groups is 1. The number of aromatic nitrogens is 2. The predicted molar refractivity (Wildman–Crippen MR) is 136 cm³/mol. The second-order valence-electron chi connectivity index (χ2n) is 8.80. The molecule has 0 aliphatic heterocycles. The molecule has 0 unspecified atom stereocenters. The third-order valence-electron chi connectivity index (χ3n) is 5.84. The van der Waals surface area contributed by atoms with E-state index in [4.69, 9.17) is 0 Å². The second-order valence-corrected chi connectivity index (χ2v) is 8.80. The first-order valence-corrected chi connectivity index (χ1v) is 11.6. The molecule has 33 heavy (non-hydrogen) atoms. The standard InChI is InChI=1S/C26H32N6O/c1-17-9-14-23(18(2)15-17)31-26(33)30-22-12-10-21(11-13-22)28-24-16-19(3)27-25(32-24)29-20-7-5-4-6-8-20/h9-16,20H,4-8H2,1-3H3,(H2,30,31,33)(H2,27,28,29,32). The van der Waals surface area contributed by atoms with Crippen molar-refractivity contribution < 1.29 is 4.79 Å². The van der Waals surface area contributed by atoms with E-state index >= 15 is 0 Å². The van der Waals surface area contributed by atoms with E-state index in [-0.39, 0.29) is 6.03 Å². The van der Waals surface area contributed by atoms with E-state index in [2.05, 4.69) is 31.2 Å². The molecule has 0 bridgehead atoms. The number of amides is 2. The van der Waals surface area contributed by atoms with Crippen molar-refractivity contribution in [2.24, 2.45) is 0 Å². The lowest BCUT2D eigenvalue weighted by atomic mass is 9.96. The molecular formula is C26H32N6O. The van der Waals surface area contributed by atoms with Gasteiger partial charge in [-0.05, 0) is 69.5 Å². The summed E-state index contributed by atoms with van der Waals surface area (Å²) in [5.41, 5.74) is 5.50. The number of carbonyl (C=O) groups is 1. The first-order chi connectivity index (χ1) is 15.9. The number of hydrogen-bond acceptors (Lipinski definition) is 5. The van der Waals surface area contributed by atoms with Crippen molar-refractivity contribution in [3.63, 3.8) is 0 Å². The van der Waals surface area contributed by atoms with Crippen LogP contribution in [0.5, 0.6) is 0 Å². The Kier molecular flexibility index (Phi) is 7.07. The summed E-state index contributed by atoms with van der Waals surface area (Å²) in [6.45, 7) is 5.98. The third kappa shape index (κ3) is 6.44. The number of carbonyl (C=O) groups excluding carboxylic acids is 1. The van der Waals surface area contributed by atoms with Crippen molar-refractivity contribution in [1.82, 2.24) is 9.97 Å².